The van der Waals surface area contributed by atoms with Crippen molar-refractivity contribution in [2.45, 2.75) is 4.90 Å². The molecule has 0 fully saturated rings. The molecule has 0 radical (unpaired) electrons. The number of phenolic OH excluding ortho intramolecular Hbond substituents is 2. The Morgan fingerprint density at radius 1 is 1.36 bits per heavy atom. The summed E-state index contributed by atoms with van der Waals surface area (Å²) in [5, 5.41) is 23.2. The fourth-order valence-electron chi connectivity index (χ4n) is 0.679. The Morgan fingerprint density at radius 2 is 2.00 bits per heavy atom. The van der Waals surface area contributed by atoms with E-state index in [1.807, 2.05) is 0 Å². The summed E-state index contributed by atoms with van der Waals surface area (Å²) >= 11 is 0. The maximum Gasteiger partial charge on any atom is 0.131 e. The molecule has 0 aliphatic heterocycles. The lowest BCUT2D eigenvalue weighted by molar-refractivity contribution is 0.448. The van der Waals surface area contributed by atoms with Crippen LogP contribution in [0.4, 0.5) is 0 Å². The number of aromatic hydroxyl groups is 2. The third kappa shape index (κ3) is 1.69. The van der Waals surface area contributed by atoms with Gasteiger partial charge in [0.1, 0.15) is 11.5 Å². The minimum absolute atomic E-state index is 0.00741. The van der Waals surface area contributed by atoms with E-state index in [1.54, 1.807) is 0 Å². The molecular weight excluding hydrogens is 164 g/mol. The molecule has 0 amide bonds. The first-order valence-electron chi connectivity index (χ1n) is 2.83. The third-order valence-corrected chi connectivity index (χ3v) is 1.98. The van der Waals surface area contributed by atoms with Crippen molar-refractivity contribution in [1.29, 1.82) is 4.78 Å². The third-order valence-electron chi connectivity index (χ3n) is 1.18. The number of hydrogen-bond donors (Lipinski definition) is 4. The molecule has 1 atom stereocenters. The fraction of sp³-hybridized carbons (Fsp3) is 0. The molecule has 11 heavy (non-hydrogen) atoms. The minimum Gasteiger partial charge on any atom is -0.508 e. The van der Waals surface area contributed by atoms with Crippen LogP contribution >= 0.6 is 0 Å². The van der Waals surface area contributed by atoms with Crippen LogP contribution in [0.5, 0.6) is 11.5 Å². The lowest BCUT2D eigenvalue weighted by atomic mass is 10.3. The molecule has 0 saturated heterocycles. The Hall–Kier alpha value is -1.07. The summed E-state index contributed by atoms with van der Waals surface area (Å²) in [5.41, 5.74) is 0. The monoisotopic (exact) mass is 172 g/mol. The van der Waals surface area contributed by atoms with Gasteiger partial charge < -0.3 is 10.2 Å². The predicted octanol–water partition coefficient (Wildman–Crippen LogP) is 0.711. The van der Waals surface area contributed by atoms with Crippen LogP contribution in [0.2, 0.25) is 0 Å². The molecule has 0 heterocycles. The molecule has 0 aliphatic rings. The number of nitrogens with one attached hydrogen (secondary N) is 1. The molecule has 0 bridgehead atoms. The summed E-state index contributed by atoms with van der Waals surface area (Å²) in [6.45, 7) is 0. The van der Waals surface area contributed by atoms with Crippen LogP contribution in [0.3, 0.4) is 0 Å². The predicted molar refractivity (Wildman–Crippen MR) is 42.3 cm³/mol. The number of hydrogen-bond acceptors (Lipinski definition) is 3. The molecule has 1 aromatic carbocycles. The highest BCUT2D eigenvalue weighted by Gasteiger charge is 2.02. The molecule has 1 rings (SSSR count). The Morgan fingerprint density at radius 3 is 2.45 bits per heavy atom. The van der Waals surface area contributed by atoms with Crippen LogP contribution in [0.25, 0.3) is 0 Å². The van der Waals surface area contributed by atoms with Gasteiger partial charge in [-0.15, -0.1) is 0 Å². The van der Waals surface area contributed by atoms with Gasteiger partial charge in [-0.25, -0.2) is 0 Å². The van der Waals surface area contributed by atoms with Crippen molar-refractivity contribution < 1.29 is 10.2 Å². The van der Waals surface area contributed by atoms with Gasteiger partial charge in [0, 0.05) is 0 Å². The van der Waals surface area contributed by atoms with Crippen LogP contribution in [0.15, 0.2) is 23.1 Å². The van der Waals surface area contributed by atoms with Crippen LogP contribution in [0.1, 0.15) is 0 Å². The highest BCUT2D eigenvalue weighted by Crippen LogP contribution is 2.23. The van der Waals surface area contributed by atoms with Gasteiger partial charge in [0.2, 0.25) is 0 Å². The van der Waals surface area contributed by atoms with E-state index in [-0.39, 0.29) is 16.4 Å². The van der Waals surface area contributed by atoms with E-state index in [0.717, 1.165) is 0 Å². The van der Waals surface area contributed by atoms with Gasteiger partial charge in [0.05, 0.1) is 4.90 Å². The highest BCUT2D eigenvalue weighted by atomic mass is 32.2. The summed E-state index contributed by atoms with van der Waals surface area (Å²) in [4.78, 5) is 0.255. The molecule has 0 aliphatic carbocycles. The van der Waals surface area contributed by atoms with E-state index >= 15 is 0 Å². The zero-order valence-electron chi connectivity index (χ0n) is 5.61. The van der Waals surface area contributed by atoms with Gasteiger partial charge in [0.25, 0.3) is 0 Å². The molecule has 5 heteroatoms. The molecule has 1 unspecified atom stereocenters. The molecular formula is C6H8N2O2S. The first-order valence-corrected chi connectivity index (χ1v) is 4.12. The maximum atomic E-state index is 9.10. The van der Waals surface area contributed by atoms with Crippen molar-refractivity contribution in [3.63, 3.8) is 0 Å². The van der Waals surface area contributed by atoms with Crippen LogP contribution in [-0.4, -0.2) is 10.2 Å². The number of phenols is 2. The quantitative estimate of drug-likeness (QED) is 0.470. The second-order valence-electron chi connectivity index (χ2n) is 1.99. The van der Waals surface area contributed by atoms with Gasteiger partial charge in [0.15, 0.2) is 0 Å². The number of benzene rings is 1. The minimum atomic E-state index is -1.26. The van der Waals surface area contributed by atoms with Crippen LogP contribution < -0.4 is 5.14 Å². The normalized spacial score (nSPS) is 12.8. The first-order chi connectivity index (χ1) is 5.11. The van der Waals surface area contributed by atoms with Crippen molar-refractivity contribution in [1.82, 2.24) is 0 Å². The average Bonchev–Trinajstić information content (AvgIpc) is 1.94. The fourth-order valence-corrected chi connectivity index (χ4v) is 1.22. The summed E-state index contributed by atoms with van der Waals surface area (Å²) in [6.07, 6.45) is 0. The zero-order chi connectivity index (χ0) is 8.43. The largest absolute Gasteiger partial charge is 0.508 e. The van der Waals surface area contributed by atoms with Crippen molar-refractivity contribution in [2.24, 2.45) is 5.14 Å². The SMILES string of the molecule is N=S(N)c1cc(O)ccc1O. The second kappa shape index (κ2) is 2.89. The summed E-state index contributed by atoms with van der Waals surface area (Å²) < 4.78 is 7.09. The van der Waals surface area contributed by atoms with Gasteiger partial charge in [-0.05, 0) is 29.1 Å². The number of rotatable bonds is 1. The van der Waals surface area contributed by atoms with Crippen molar-refractivity contribution >= 4 is 10.9 Å². The lowest BCUT2D eigenvalue weighted by Crippen LogP contribution is -2.00. The summed E-state index contributed by atoms with van der Waals surface area (Å²) in [5.74, 6) is -0.0448. The molecule has 1 aromatic rings. The van der Waals surface area contributed by atoms with E-state index in [1.165, 1.54) is 18.2 Å². The molecule has 5 N–H and O–H groups in total. The standard InChI is InChI=1S/C6H8N2O2S/c7-11(8)6-3-4(9)1-2-5(6)10/h1-3,9-10H,(H3,7,8). The van der Waals surface area contributed by atoms with Crippen molar-refractivity contribution in [2.75, 3.05) is 0 Å². The van der Waals surface area contributed by atoms with E-state index in [4.69, 9.17) is 20.1 Å². The highest BCUT2D eigenvalue weighted by molar-refractivity contribution is 7.83. The number of nitrogens with two attached hydrogens (primary N) is 1. The van der Waals surface area contributed by atoms with Gasteiger partial charge in [-0.3, -0.25) is 9.92 Å². The van der Waals surface area contributed by atoms with E-state index in [2.05, 4.69) is 0 Å². The topological polar surface area (TPSA) is 90.3 Å². The van der Waals surface area contributed by atoms with Crippen molar-refractivity contribution in [3.05, 3.63) is 18.2 Å². The first kappa shape index (κ1) is 8.03. The average molecular weight is 172 g/mol. The summed E-state index contributed by atoms with van der Waals surface area (Å²) in [6, 6.07) is 3.93. The van der Waals surface area contributed by atoms with E-state index in [0.29, 0.717) is 0 Å². The van der Waals surface area contributed by atoms with E-state index < -0.39 is 10.9 Å². The summed E-state index contributed by atoms with van der Waals surface area (Å²) in [7, 11) is -1.26. The van der Waals surface area contributed by atoms with Crippen molar-refractivity contribution in [3.8, 4) is 11.5 Å². The molecule has 0 spiro atoms. The molecule has 0 aromatic heterocycles. The van der Waals surface area contributed by atoms with Gasteiger partial charge >= 0.3 is 0 Å². The lowest BCUT2D eigenvalue weighted by Gasteiger charge is -2.02. The van der Waals surface area contributed by atoms with Gasteiger partial charge in [-0.2, -0.15) is 0 Å². The molecule has 60 valence electrons. The Balaban J connectivity index is 3.23. The van der Waals surface area contributed by atoms with Crippen LogP contribution in [-0.2, 0) is 10.9 Å². The Kier molecular flexibility index (Phi) is 2.11. The van der Waals surface area contributed by atoms with Gasteiger partial charge in [-0.1, -0.05) is 0 Å². The Labute approximate surface area is 66.3 Å². The Bertz CT molecular complexity index is 301. The maximum absolute atomic E-state index is 9.10. The zero-order valence-corrected chi connectivity index (χ0v) is 6.43. The molecule has 4 nitrogen and oxygen atoms in total. The second-order valence-corrected chi connectivity index (χ2v) is 3.11. The molecule has 0 saturated carbocycles. The van der Waals surface area contributed by atoms with Crippen LogP contribution in [0, 0.1) is 4.78 Å². The smallest absolute Gasteiger partial charge is 0.131 e. The van der Waals surface area contributed by atoms with E-state index in [9.17, 15) is 0 Å².